The molecular weight excluding hydrogens is 652 g/mol. The molecule has 47 heavy (non-hydrogen) atoms. The van der Waals surface area contributed by atoms with Crippen LogP contribution in [0.3, 0.4) is 0 Å². The Morgan fingerprint density at radius 3 is 1.04 bits per heavy atom. The molecule has 4 aromatic carbocycles. The predicted molar refractivity (Wildman–Crippen MR) is 210 cm³/mol. The molecule has 0 saturated carbocycles. The first-order chi connectivity index (χ1) is 23.1. The summed E-state index contributed by atoms with van der Waals surface area (Å²) in [5, 5.41) is 9.06. The number of halogens is 2. The van der Waals surface area contributed by atoms with Crippen LogP contribution in [0.25, 0.3) is 21.5 Å². The third kappa shape index (κ3) is 17.5. The van der Waals surface area contributed by atoms with Gasteiger partial charge in [-0.3, -0.25) is 0 Å². The topological polar surface area (TPSA) is 0 Å². The second-order valence-electron chi connectivity index (χ2n) is 13.0. The first kappa shape index (κ1) is 42.3. The zero-order valence-corrected chi connectivity index (χ0v) is 33.6. The quantitative estimate of drug-likeness (QED) is 0.0329. The molecular formula is C42H64F2P2Ti-2. The van der Waals surface area contributed by atoms with Crippen LogP contribution in [0.5, 0.6) is 0 Å². The minimum absolute atomic E-state index is 0.0642. The molecule has 0 aliphatic heterocycles. The molecule has 0 spiro atoms. The van der Waals surface area contributed by atoms with Crippen LogP contribution in [-0.2, 0) is 20.2 Å². The van der Waals surface area contributed by atoms with Crippen LogP contribution in [0.2, 0.25) is 0 Å². The van der Waals surface area contributed by atoms with E-state index in [0.29, 0.717) is 0 Å². The van der Waals surface area contributed by atoms with Gasteiger partial charge < -0.3 is 0 Å². The summed E-state index contributed by atoms with van der Waals surface area (Å²) in [4.78, 5) is 0. The molecule has 0 aromatic heterocycles. The van der Waals surface area contributed by atoms with Crippen LogP contribution in [0, 0.1) is 0 Å². The Bertz CT molecular complexity index is 1090. The summed E-state index contributed by atoms with van der Waals surface area (Å²) in [7, 11) is 0.128. The van der Waals surface area contributed by atoms with Crippen LogP contribution in [0.15, 0.2) is 72.8 Å². The van der Waals surface area contributed by atoms with Gasteiger partial charge in [-0.05, 0) is 50.3 Å². The molecule has 0 nitrogen and oxygen atoms in total. The fourth-order valence-corrected chi connectivity index (χ4v) is 11.5. The summed E-state index contributed by atoms with van der Waals surface area (Å²) in [6.45, 7) is 9.21. The van der Waals surface area contributed by atoms with Gasteiger partial charge >= 0.3 is 26.4 Å². The van der Waals surface area contributed by atoms with E-state index in [-0.39, 0.29) is 15.8 Å². The maximum absolute atomic E-state index is 9.75. The molecule has 0 aliphatic rings. The van der Waals surface area contributed by atoms with Crippen molar-refractivity contribution in [2.75, 3.05) is 24.6 Å². The maximum atomic E-state index is 9.75. The number of rotatable bonds is 22. The average molecular weight is 717 g/mol. The van der Waals surface area contributed by atoms with Crippen LogP contribution in [-0.4, -0.2) is 24.6 Å². The van der Waals surface area contributed by atoms with E-state index < -0.39 is 20.2 Å². The number of hydrogen-bond acceptors (Lipinski definition) is 0. The van der Waals surface area contributed by atoms with Crippen LogP contribution < -0.4 is 10.6 Å². The molecule has 4 rings (SSSR count). The molecule has 0 bridgehead atoms. The van der Waals surface area contributed by atoms with E-state index in [1.54, 1.807) is 10.6 Å². The molecule has 0 radical (unpaired) electrons. The predicted octanol–water partition coefficient (Wildman–Crippen LogP) is 14.5. The standard InChI is InChI=1S/2C21H32P.2FH.Ti/c2*1-3-5-7-11-15-22(16-12-8-6-4-2)21-17-19-13-9-10-14-20(19)18-21;;;/h2*9-10,13-14,17-18H,3-8,11-12,15-16H2,1-2H3;2*1H;/q2*-1;;;+2/p-2. The summed E-state index contributed by atoms with van der Waals surface area (Å²) in [6.07, 6.45) is 28.1. The molecule has 262 valence electrons. The van der Waals surface area contributed by atoms with Crippen molar-refractivity contribution in [1.82, 2.24) is 0 Å². The van der Waals surface area contributed by atoms with Crippen molar-refractivity contribution in [3.05, 3.63) is 72.8 Å². The van der Waals surface area contributed by atoms with Crippen molar-refractivity contribution in [2.24, 2.45) is 0 Å². The van der Waals surface area contributed by atoms with Crippen molar-refractivity contribution in [3.63, 3.8) is 0 Å². The molecule has 0 atom stereocenters. The second kappa shape index (κ2) is 27.9. The minimum atomic E-state index is -2.50. The summed E-state index contributed by atoms with van der Waals surface area (Å²) in [5.41, 5.74) is 0. The van der Waals surface area contributed by atoms with E-state index in [9.17, 15) is 6.18 Å². The first-order valence-corrected chi connectivity index (χ1v) is 23.5. The third-order valence-corrected chi connectivity index (χ3v) is 14.5. The third-order valence-electron chi connectivity index (χ3n) is 9.06. The van der Waals surface area contributed by atoms with Gasteiger partial charge in [0, 0.05) is 0 Å². The van der Waals surface area contributed by atoms with Crippen molar-refractivity contribution in [2.45, 2.75) is 130 Å². The number of unbranched alkanes of at least 4 members (excludes halogenated alkanes) is 12. The molecule has 5 heteroatoms. The van der Waals surface area contributed by atoms with E-state index in [1.807, 2.05) is 0 Å². The fourth-order valence-electron chi connectivity index (χ4n) is 6.29. The molecule has 0 saturated heterocycles. The molecule has 0 N–H and O–H groups in total. The van der Waals surface area contributed by atoms with Crippen LogP contribution in [0.1, 0.15) is 130 Å². The van der Waals surface area contributed by atoms with Gasteiger partial charge in [0.15, 0.2) is 0 Å². The SMILES string of the molecule is CCCCCCP(CCCCCC)c1cc2ccccc2[cH-]1.CCCCCCP(CCCCCC)c1cc2ccccc2[cH-]1.[F][Ti][F]. The van der Waals surface area contributed by atoms with E-state index in [2.05, 4.69) is 100 Å². The first-order valence-electron chi connectivity index (χ1n) is 18.9. The van der Waals surface area contributed by atoms with Gasteiger partial charge in [-0.1, -0.05) is 133 Å². The molecule has 0 heterocycles. The van der Waals surface area contributed by atoms with Gasteiger partial charge in [0.05, 0.1) is 0 Å². The van der Waals surface area contributed by atoms with E-state index in [1.165, 1.54) is 149 Å². The summed E-state index contributed by atoms with van der Waals surface area (Å²) >= 11 is -2.50. The number of fused-ring (bicyclic) bond motifs is 2. The molecule has 0 fully saturated rings. The van der Waals surface area contributed by atoms with E-state index in [0.717, 1.165) is 0 Å². The van der Waals surface area contributed by atoms with Crippen molar-refractivity contribution in [1.29, 1.82) is 0 Å². The molecule has 0 aliphatic carbocycles. The Kier molecular flexibility index (Phi) is 25.1. The van der Waals surface area contributed by atoms with E-state index in [4.69, 9.17) is 0 Å². The normalized spacial score (nSPS) is 11.1. The summed E-state index contributed by atoms with van der Waals surface area (Å²) < 4.78 is 19.5. The Morgan fingerprint density at radius 2 is 0.766 bits per heavy atom. The van der Waals surface area contributed by atoms with Crippen molar-refractivity contribution < 1.29 is 26.4 Å². The van der Waals surface area contributed by atoms with Gasteiger partial charge in [-0.2, -0.15) is 12.1 Å². The Hall–Kier alpha value is -0.906. The Balaban J connectivity index is 0.000000302. The zero-order chi connectivity index (χ0) is 34.0. The van der Waals surface area contributed by atoms with E-state index >= 15 is 0 Å². The van der Waals surface area contributed by atoms with Gasteiger partial charge in [0.2, 0.25) is 0 Å². The second-order valence-corrected chi connectivity index (χ2v) is 18.2. The fraction of sp³-hybridized carbons (Fsp3) is 0.571. The number of hydrogen-bond donors (Lipinski definition) is 0. The van der Waals surface area contributed by atoms with Gasteiger partial charge in [0.1, 0.15) is 0 Å². The Morgan fingerprint density at radius 1 is 0.468 bits per heavy atom. The summed E-state index contributed by atoms with van der Waals surface area (Å²) in [6, 6.07) is 27.6. The van der Waals surface area contributed by atoms with Crippen LogP contribution >= 0.6 is 15.8 Å². The average Bonchev–Trinajstić information content (AvgIpc) is 3.72. The molecule has 0 amide bonds. The summed E-state index contributed by atoms with van der Waals surface area (Å²) in [5.74, 6) is 0. The molecule has 4 aromatic rings. The van der Waals surface area contributed by atoms with Gasteiger partial charge in [-0.15, -0.1) is 80.7 Å². The monoisotopic (exact) mass is 716 g/mol. The van der Waals surface area contributed by atoms with Gasteiger partial charge in [0.25, 0.3) is 0 Å². The van der Waals surface area contributed by atoms with Crippen molar-refractivity contribution >= 4 is 48.0 Å². The van der Waals surface area contributed by atoms with Crippen molar-refractivity contribution in [3.8, 4) is 0 Å². The number of benzene rings is 2. The van der Waals surface area contributed by atoms with Gasteiger partial charge in [-0.25, -0.2) is 0 Å². The Labute approximate surface area is 300 Å². The molecule has 0 unspecified atom stereocenters. The van der Waals surface area contributed by atoms with Crippen LogP contribution in [0.4, 0.5) is 6.18 Å². The zero-order valence-electron chi connectivity index (χ0n) is 30.2.